The molecule has 86 valence electrons. The van der Waals surface area contributed by atoms with E-state index in [1.54, 1.807) is 0 Å². The number of nitriles is 1. The highest BCUT2D eigenvalue weighted by Gasteiger charge is 2.37. The molecule has 0 saturated carbocycles. The van der Waals surface area contributed by atoms with Crippen LogP contribution in [0.15, 0.2) is 6.07 Å². The summed E-state index contributed by atoms with van der Waals surface area (Å²) in [6.45, 7) is 0.940. The molecule has 0 fully saturated rings. The maximum atomic E-state index is 12.5. The van der Waals surface area contributed by atoms with Gasteiger partial charge >= 0.3 is 6.18 Å². The molecule has 0 radical (unpaired) electrons. The highest BCUT2D eigenvalue weighted by Crippen LogP contribution is 2.34. The van der Waals surface area contributed by atoms with Crippen molar-refractivity contribution in [2.45, 2.75) is 19.5 Å². The van der Waals surface area contributed by atoms with Gasteiger partial charge in [-0.25, -0.2) is 8.78 Å². The third kappa shape index (κ3) is 2.27. The number of aromatic nitrogens is 1. The Morgan fingerprint density at radius 1 is 1.38 bits per heavy atom. The van der Waals surface area contributed by atoms with Crippen LogP contribution in [-0.2, 0) is 6.18 Å². The van der Waals surface area contributed by atoms with E-state index in [9.17, 15) is 22.0 Å². The van der Waals surface area contributed by atoms with Gasteiger partial charge in [0.15, 0.2) is 0 Å². The third-order valence-corrected chi connectivity index (χ3v) is 1.85. The summed E-state index contributed by atoms with van der Waals surface area (Å²) in [6, 6.07) is 1.70. The second-order valence-electron chi connectivity index (χ2n) is 2.97. The molecule has 0 amide bonds. The molecule has 0 unspecified atom stereocenters. The number of aryl methyl sites for hydroxylation is 1. The fraction of sp³-hybridized carbons (Fsp3) is 0.333. The lowest BCUT2D eigenvalue weighted by atomic mass is 10.1. The second kappa shape index (κ2) is 4.04. The van der Waals surface area contributed by atoms with Gasteiger partial charge in [-0.2, -0.15) is 18.4 Å². The summed E-state index contributed by atoms with van der Waals surface area (Å²) >= 11 is 0. The van der Waals surface area contributed by atoms with Gasteiger partial charge in [0.2, 0.25) is 0 Å². The monoisotopic (exact) mass is 236 g/mol. The van der Waals surface area contributed by atoms with E-state index in [4.69, 9.17) is 5.26 Å². The Balaban J connectivity index is 3.49. The quantitative estimate of drug-likeness (QED) is 0.702. The van der Waals surface area contributed by atoms with E-state index in [0.717, 1.165) is 6.92 Å². The summed E-state index contributed by atoms with van der Waals surface area (Å²) in [5, 5.41) is 8.49. The largest absolute Gasteiger partial charge is 0.419 e. The summed E-state index contributed by atoms with van der Waals surface area (Å²) in [4.78, 5) is 3.13. The summed E-state index contributed by atoms with van der Waals surface area (Å²) < 4.78 is 61.8. The predicted octanol–water partition coefficient (Wildman–Crippen LogP) is 3.22. The molecule has 0 aliphatic rings. The maximum Gasteiger partial charge on any atom is 0.419 e. The summed E-state index contributed by atoms with van der Waals surface area (Å²) in [7, 11) is 0. The van der Waals surface area contributed by atoms with E-state index < -0.39 is 35.1 Å². The van der Waals surface area contributed by atoms with Gasteiger partial charge in [0, 0.05) is 0 Å². The first-order chi connectivity index (χ1) is 7.27. The Bertz CT molecular complexity index is 444. The molecule has 1 heterocycles. The van der Waals surface area contributed by atoms with Crippen molar-refractivity contribution in [2.75, 3.05) is 0 Å². The van der Waals surface area contributed by atoms with Crippen LogP contribution in [-0.4, -0.2) is 4.98 Å². The van der Waals surface area contributed by atoms with Crippen LogP contribution in [0, 0.1) is 18.3 Å². The number of alkyl halides is 5. The van der Waals surface area contributed by atoms with Crippen molar-refractivity contribution in [1.29, 1.82) is 5.26 Å². The van der Waals surface area contributed by atoms with E-state index >= 15 is 0 Å². The summed E-state index contributed by atoms with van der Waals surface area (Å²) in [5.74, 6) is 0. The molecule has 2 nitrogen and oxygen atoms in total. The van der Waals surface area contributed by atoms with Gasteiger partial charge in [-0.05, 0) is 13.0 Å². The van der Waals surface area contributed by atoms with Gasteiger partial charge < -0.3 is 0 Å². The molecular formula is C9H5F5N2. The van der Waals surface area contributed by atoms with Gasteiger partial charge in [0.25, 0.3) is 6.43 Å². The first kappa shape index (κ1) is 12.4. The summed E-state index contributed by atoms with van der Waals surface area (Å²) in [6.07, 6.45) is -7.78. The molecule has 0 atom stereocenters. The molecule has 0 N–H and O–H groups in total. The average Bonchev–Trinajstić information content (AvgIpc) is 2.14. The van der Waals surface area contributed by atoms with Crippen LogP contribution in [0.25, 0.3) is 0 Å². The van der Waals surface area contributed by atoms with Crippen LogP contribution >= 0.6 is 0 Å². The number of hydrogen-bond acceptors (Lipinski definition) is 2. The Labute approximate surface area is 87.3 Å². The van der Waals surface area contributed by atoms with Gasteiger partial charge in [-0.15, -0.1) is 0 Å². The molecule has 7 heteroatoms. The average molecular weight is 236 g/mol. The standard InChI is InChI=1S/C9H5F5N2/c1-4-7(9(12,13)14)5(3-15)2-6(16-4)8(10)11/h2,8H,1H3. The topological polar surface area (TPSA) is 36.7 Å². The highest BCUT2D eigenvalue weighted by molar-refractivity contribution is 5.43. The Morgan fingerprint density at radius 3 is 2.31 bits per heavy atom. The van der Waals surface area contributed by atoms with Crippen LogP contribution < -0.4 is 0 Å². The van der Waals surface area contributed by atoms with Crippen molar-refractivity contribution in [3.8, 4) is 6.07 Å². The fourth-order valence-electron chi connectivity index (χ4n) is 1.25. The lowest BCUT2D eigenvalue weighted by Gasteiger charge is -2.12. The molecule has 0 aliphatic heterocycles. The fourth-order valence-corrected chi connectivity index (χ4v) is 1.25. The second-order valence-corrected chi connectivity index (χ2v) is 2.97. The molecule has 16 heavy (non-hydrogen) atoms. The number of pyridine rings is 1. The van der Waals surface area contributed by atoms with E-state index in [2.05, 4.69) is 4.98 Å². The zero-order valence-electron chi connectivity index (χ0n) is 7.94. The van der Waals surface area contributed by atoms with Crippen molar-refractivity contribution in [1.82, 2.24) is 4.98 Å². The SMILES string of the molecule is Cc1nc(C(F)F)cc(C#N)c1C(F)(F)F. The van der Waals surface area contributed by atoms with Crippen LogP contribution in [0.4, 0.5) is 22.0 Å². The van der Waals surface area contributed by atoms with Crippen LogP contribution in [0.3, 0.4) is 0 Å². The molecule has 1 rings (SSSR count). The molecule has 0 aliphatic carbocycles. The normalized spacial score (nSPS) is 11.6. The van der Waals surface area contributed by atoms with Gasteiger partial charge in [-0.1, -0.05) is 0 Å². The first-order valence-corrected chi connectivity index (χ1v) is 4.04. The highest BCUT2D eigenvalue weighted by atomic mass is 19.4. The van der Waals surface area contributed by atoms with E-state index in [0.29, 0.717) is 6.07 Å². The van der Waals surface area contributed by atoms with E-state index in [1.165, 1.54) is 6.07 Å². The number of halogens is 5. The number of nitrogens with zero attached hydrogens (tertiary/aromatic N) is 2. The molecule has 0 spiro atoms. The lowest BCUT2D eigenvalue weighted by molar-refractivity contribution is -0.138. The zero-order chi connectivity index (χ0) is 12.5. The summed E-state index contributed by atoms with van der Waals surface area (Å²) in [5.41, 5.74) is -3.56. The minimum absolute atomic E-state index is 0.459. The predicted molar refractivity (Wildman–Crippen MR) is 43.6 cm³/mol. The van der Waals surface area contributed by atoms with Gasteiger partial charge in [0.1, 0.15) is 5.69 Å². The van der Waals surface area contributed by atoms with Crippen molar-refractivity contribution in [3.05, 3.63) is 28.6 Å². The Kier molecular flexibility index (Phi) is 3.12. The third-order valence-electron chi connectivity index (χ3n) is 1.85. The molecular weight excluding hydrogens is 231 g/mol. The van der Waals surface area contributed by atoms with Crippen molar-refractivity contribution < 1.29 is 22.0 Å². The number of rotatable bonds is 1. The van der Waals surface area contributed by atoms with Crippen LogP contribution in [0.1, 0.15) is 28.9 Å². The van der Waals surface area contributed by atoms with Gasteiger partial charge in [0.05, 0.1) is 22.9 Å². The minimum Gasteiger partial charge on any atom is -0.251 e. The molecule has 0 saturated heterocycles. The smallest absolute Gasteiger partial charge is 0.251 e. The Morgan fingerprint density at radius 2 is 1.94 bits per heavy atom. The zero-order valence-corrected chi connectivity index (χ0v) is 7.94. The molecule has 1 aromatic rings. The van der Waals surface area contributed by atoms with Crippen molar-refractivity contribution in [3.63, 3.8) is 0 Å². The first-order valence-electron chi connectivity index (χ1n) is 4.04. The van der Waals surface area contributed by atoms with E-state index in [1.807, 2.05) is 0 Å². The Hall–Kier alpha value is -1.71. The van der Waals surface area contributed by atoms with Crippen molar-refractivity contribution in [2.24, 2.45) is 0 Å². The van der Waals surface area contributed by atoms with E-state index in [-0.39, 0.29) is 0 Å². The van der Waals surface area contributed by atoms with Gasteiger partial charge in [-0.3, -0.25) is 4.98 Å². The molecule has 0 bridgehead atoms. The molecule has 1 aromatic heterocycles. The number of hydrogen-bond donors (Lipinski definition) is 0. The lowest BCUT2D eigenvalue weighted by Crippen LogP contribution is -2.13. The van der Waals surface area contributed by atoms with Crippen LogP contribution in [0.2, 0.25) is 0 Å². The molecule has 0 aromatic carbocycles. The van der Waals surface area contributed by atoms with Crippen LogP contribution in [0.5, 0.6) is 0 Å². The van der Waals surface area contributed by atoms with Crippen molar-refractivity contribution >= 4 is 0 Å². The minimum atomic E-state index is -4.78. The maximum absolute atomic E-state index is 12.5.